The Morgan fingerprint density at radius 3 is 2.35 bits per heavy atom. The molecule has 1 heterocycles. The van der Waals surface area contributed by atoms with Gasteiger partial charge in [0, 0.05) is 37.3 Å². The maximum Gasteiger partial charge on any atom is 0.319 e. The SMILES string of the molecule is O=C(O)CCCNC(=O)Nc1ccc(C(=O)N2CCCC2)cc1. The number of carboxylic acids is 1. The lowest BCUT2D eigenvalue weighted by atomic mass is 10.2. The Kier molecular flexibility index (Phi) is 5.96. The number of urea groups is 1. The summed E-state index contributed by atoms with van der Waals surface area (Å²) in [5.41, 5.74) is 1.19. The first kappa shape index (κ1) is 16.8. The standard InChI is InChI=1S/C16H21N3O4/c20-14(21)4-3-9-17-16(23)18-13-7-5-12(6-8-13)15(22)19-10-1-2-11-19/h5-8H,1-4,9-11H2,(H,20,21)(H2,17,18,23). The highest BCUT2D eigenvalue weighted by Gasteiger charge is 2.19. The summed E-state index contributed by atoms with van der Waals surface area (Å²) >= 11 is 0. The van der Waals surface area contributed by atoms with Gasteiger partial charge in [-0.1, -0.05) is 0 Å². The summed E-state index contributed by atoms with van der Waals surface area (Å²) in [5, 5.41) is 13.7. The van der Waals surface area contributed by atoms with Crippen molar-refractivity contribution in [3.63, 3.8) is 0 Å². The minimum absolute atomic E-state index is 0.0205. The van der Waals surface area contributed by atoms with E-state index < -0.39 is 12.0 Å². The van der Waals surface area contributed by atoms with E-state index in [-0.39, 0.29) is 12.3 Å². The number of likely N-dealkylation sites (tertiary alicyclic amines) is 1. The molecule has 124 valence electrons. The van der Waals surface area contributed by atoms with Gasteiger partial charge in [0.2, 0.25) is 0 Å². The zero-order chi connectivity index (χ0) is 16.7. The third kappa shape index (κ3) is 5.28. The quantitative estimate of drug-likeness (QED) is 0.697. The molecular weight excluding hydrogens is 298 g/mol. The normalized spacial score (nSPS) is 13.7. The van der Waals surface area contributed by atoms with E-state index in [0.717, 1.165) is 25.9 Å². The molecule has 1 aliphatic heterocycles. The second kappa shape index (κ2) is 8.17. The van der Waals surface area contributed by atoms with Crippen LogP contribution in [0.4, 0.5) is 10.5 Å². The van der Waals surface area contributed by atoms with Crippen molar-refractivity contribution in [2.45, 2.75) is 25.7 Å². The average molecular weight is 319 g/mol. The topological polar surface area (TPSA) is 98.7 Å². The molecular formula is C16H21N3O4. The molecule has 1 aliphatic rings. The lowest BCUT2D eigenvalue weighted by Crippen LogP contribution is -2.30. The highest BCUT2D eigenvalue weighted by molar-refractivity contribution is 5.95. The van der Waals surface area contributed by atoms with Crippen molar-refractivity contribution in [2.75, 3.05) is 25.0 Å². The number of hydrogen-bond donors (Lipinski definition) is 3. The first-order chi connectivity index (χ1) is 11.1. The van der Waals surface area contributed by atoms with Gasteiger partial charge in [-0.15, -0.1) is 0 Å². The molecule has 0 aliphatic carbocycles. The molecule has 0 spiro atoms. The molecule has 7 heteroatoms. The molecule has 7 nitrogen and oxygen atoms in total. The highest BCUT2D eigenvalue weighted by Crippen LogP contribution is 2.15. The lowest BCUT2D eigenvalue weighted by Gasteiger charge is -2.15. The van der Waals surface area contributed by atoms with Gasteiger partial charge in [0.25, 0.3) is 5.91 Å². The first-order valence-electron chi connectivity index (χ1n) is 7.72. The number of nitrogens with zero attached hydrogens (tertiary/aromatic N) is 1. The minimum atomic E-state index is -0.884. The smallest absolute Gasteiger partial charge is 0.319 e. The summed E-state index contributed by atoms with van der Waals surface area (Å²) in [5.74, 6) is -0.863. The van der Waals surface area contributed by atoms with Gasteiger partial charge in [-0.25, -0.2) is 4.79 Å². The molecule has 1 fully saturated rings. The Morgan fingerprint density at radius 1 is 1.09 bits per heavy atom. The highest BCUT2D eigenvalue weighted by atomic mass is 16.4. The number of carbonyl (C=O) groups is 3. The summed E-state index contributed by atoms with van der Waals surface area (Å²) in [7, 11) is 0. The van der Waals surface area contributed by atoms with Crippen molar-refractivity contribution < 1.29 is 19.5 Å². The molecule has 0 bridgehead atoms. The van der Waals surface area contributed by atoms with Crippen LogP contribution in [0.5, 0.6) is 0 Å². The fraction of sp³-hybridized carbons (Fsp3) is 0.438. The van der Waals surface area contributed by atoms with Crippen LogP contribution in [-0.4, -0.2) is 47.5 Å². The Morgan fingerprint density at radius 2 is 1.74 bits per heavy atom. The number of aliphatic carboxylic acids is 1. The molecule has 1 saturated heterocycles. The summed E-state index contributed by atoms with van der Waals surface area (Å²) in [6, 6.07) is 6.36. The summed E-state index contributed by atoms with van der Waals surface area (Å²) in [6.07, 6.45) is 2.50. The van der Waals surface area contributed by atoms with Crippen molar-refractivity contribution >= 4 is 23.6 Å². The van der Waals surface area contributed by atoms with Crippen LogP contribution in [0, 0.1) is 0 Å². The molecule has 0 atom stereocenters. The third-order valence-corrected chi connectivity index (χ3v) is 3.64. The zero-order valence-electron chi connectivity index (χ0n) is 12.9. The molecule has 0 unspecified atom stereocenters. The Hall–Kier alpha value is -2.57. The van der Waals surface area contributed by atoms with E-state index in [2.05, 4.69) is 10.6 Å². The van der Waals surface area contributed by atoms with Gasteiger partial charge >= 0.3 is 12.0 Å². The van der Waals surface area contributed by atoms with E-state index >= 15 is 0 Å². The van der Waals surface area contributed by atoms with Gasteiger partial charge in [0.1, 0.15) is 0 Å². The molecule has 0 saturated carbocycles. The number of hydrogen-bond acceptors (Lipinski definition) is 3. The number of carboxylic acid groups (broad SMARTS) is 1. The second-order valence-electron chi connectivity index (χ2n) is 5.45. The van der Waals surface area contributed by atoms with Crippen molar-refractivity contribution in [3.8, 4) is 0 Å². The van der Waals surface area contributed by atoms with Crippen molar-refractivity contribution in [1.29, 1.82) is 0 Å². The van der Waals surface area contributed by atoms with Crippen LogP contribution in [0.15, 0.2) is 24.3 Å². The molecule has 3 amide bonds. The predicted octanol–water partition coefficient (Wildman–Crippen LogP) is 1.91. The number of rotatable bonds is 6. The van der Waals surface area contributed by atoms with Crippen molar-refractivity contribution in [3.05, 3.63) is 29.8 Å². The molecule has 0 aromatic heterocycles. The summed E-state index contributed by atoms with van der Waals surface area (Å²) in [4.78, 5) is 36.0. The fourth-order valence-corrected chi connectivity index (χ4v) is 2.42. The second-order valence-corrected chi connectivity index (χ2v) is 5.45. The Balaban J connectivity index is 1.79. The van der Waals surface area contributed by atoms with E-state index in [4.69, 9.17) is 5.11 Å². The third-order valence-electron chi connectivity index (χ3n) is 3.64. The number of nitrogens with one attached hydrogen (secondary N) is 2. The van der Waals surface area contributed by atoms with Crippen LogP contribution in [0.2, 0.25) is 0 Å². The van der Waals surface area contributed by atoms with E-state index in [9.17, 15) is 14.4 Å². The van der Waals surface area contributed by atoms with E-state index in [1.54, 1.807) is 24.3 Å². The lowest BCUT2D eigenvalue weighted by molar-refractivity contribution is -0.137. The van der Waals surface area contributed by atoms with E-state index in [0.29, 0.717) is 24.2 Å². The number of anilines is 1. The van der Waals surface area contributed by atoms with Gasteiger partial charge in [0.15, 0.2) is 0 Å². The van der Waals surface area contributed by atoms with Crippen molar-refractivity contribution in [2.24, 2.45) is 0 Å². The van der Waals surface area contributed by atoms with Crippen LogP contribution in [0.3, 0.4) is 0 Å². The molecule has 2 rings (SSSR count). The minimum Gasteiger partial charge on any atom is -0.481 e. The average Bonchev–Trinajstić information content (AvgIpc) is 3.06. The monoisotopic (exact) mass is 319 g/mol. The Bertz CT molecular complexity index is 565. The fourth-order valence-electron chi connectivity index (χ4n) is 2.42. The van der Waals surface area contributed by atoms with Crippen molar-refractivity contribution in [1.82, 2.24) is 10.2 Å². The first-order valence-corrected chi connectivity index (χ1v) is 7.72. The molecule has 0 radical (unpaired) electrons. The molecule has 1 aromatic carbocycles. The molecule has 23 heavy (non-hydrogen) atoms. The van der Waals surface area contributed by atoms with Crippen LogP contribution < -0.4 is 10.6 Å². The number of benzene rings is 1. The van der Waals surface area contributed by atoms with Gasteiger partial charge in [0.05, 0.1) is 0 Å². The molecule has 1 aromatic rings. The Labute approximate surface area is 134 Å². The number of amides is 3. The zero-order valence-corrected chi connectivity index (χ0v) is 12.9. The number of carbonyl (C=O) groups excluding carboxylic acids is 2. The van der Waals surface area contributed by atoms with Gasteiger partial charge in [-0.3, -0.25) is 9.59 Å². The van der Waals surface area contributed by atoms with Gasteiger partial charge < -0.3 is 20.6 Å². The van der Waals surface area contributed by atoms with Gasteiger partial charge in [-0.2, -0.15) is 0 Å². The van der Waals surface area contributed by atoms with Crippen LogP contribution in [0.1, 0.15) is 36.0 Å². The van der Waals surface area contributed by atoms with Crippen LogP contribution in [-0.2, 0) is 4.79 Å². The summed E-state index contributed by atoms with van der Waals surface area (Å²) in [6.45, 7) is 1.90. The molecule has 3 N–H and O–H groups in total. The van der Waals surface area contributed by atoms with E-state index in [1.807, 2.05) is 4.90 Å². The summed E-state index contributed by atoms with van der Waals surface area (Å²) < 4.78 is 0. The maximum atomic E-state index is 12.2. The van der Waals surface area contributed by atoms with Crippen LogP contribution in [0.25, 0.3) is 0 Å². The largest absolute Gasteiger partial charge is 0.481 e. The van der Waals surface area contributed by atoms with Crippen LogP contribution >= 0.6 is 0 Å². The predicted molar refractivity (Wildman–Crippen MR) is 85.5 cm³/mol. The van der Waals surface area contributed by atoms with E-state index in [1.165, 1.54) is 0 Å². The van der Waals surface area contributed by atoms with Gasteiger partial charge in [-0.05, 0) is 43.5 Å². The maximum absolute atomic E-state index is 12.2.